The Bertz CT molecular complexity index is 408. The second kappa shape index (κ2) is 7.60. The lowest BCUT2D eigenvalue weighted by atomic mass is 10.0. The fourth-order valence-electron chi connectivity index (χ4n) is 2.48. The maximum atomic E-state index is 5.88. The third kappa shape index (κ3) is 4.76. The molecule has 0 spiro atoms. The van der Waals surface area contributed by atoms with E-state index in [9.17, 15) is 0 Å². The van der Waals surface area contributed by atoms with Crippen LogP contribution >= 0.6 is 0 Å². The van der Waals surface area contributed by atoms with Crippen molar-refractivity contribution < 1.29 is 4.74 Å². The van der Waals surface area contributed by atoms with Crippen LogP contribution in [0.5, 0.6) is 5.88 Å². The van der Waals surface area contributed by atoms with Crippen molar-refractivity contribution in [2.24, 2.45) is 0 Å². The van der Waals surface area contributed by atoms with Crippen molar-refractivity contribution >= 4 is 0 Å². The van der Waals surface area contributed by atoms with Crippen molar-refractivity contribution in [3.8, 4) is 5.88 Å². The van der Waals surface area contributed by atoms with Crippen LogP contribution in [-0.4, -0.2) is 42.2 Å². The van der Waals surface area contributed by atoms with Crippen LogP contribution in [0, 0.1) is 0 Å². The molecule has 2 rings (SSSR count). The Labute approximate surface area is 122 Å². The zero-order valence-corrected chi connectivity index (χ0v) is 12.9. The smallest absolute Gasteiger partial charge is 0.213 e. The number of aromatic nitrogens is 1. The van der Waals surface area contributed by atoms with E-state index >= 15 is 0 Å². The Kier molecular flexibility index (Phi) is 5.80. The summed E-state index contributed by atoms with van der Waals surface area (Å²) in [7, 11) is 2.18. The first kappa shape index (κ1) is 15.3. The zero-order valence-electron chi connectivity index (χ0n) is 12.9. The summed E-state index contributed by atoms with van der Waals surface area (Å²) in [5.41, 5.74) is 1.04. The summed E-state index contributed by atoms with van der Waals surface area (Å²) in [5, 5.41) is 3.38. The minimum absolute atomic E-state index is 0.470. The molecular formula is C16H27N3O. The largest absolute Gasteiger partial charge is 0.476 e. The van der Waals surface area contributed by atoms with Crippen molar-refractivity contribution in [2.45, 2.75) is 51.7 Å². The summed E-state index contributed by atoms with van der Waals surface area (Å²) in [6.07, 6.45) is 3.84. The van der Waals surface area contributed by atoms with Gasteiger partial charge in [-0.1, -0.05) is 26.3 Å². The van der Waals surface area contributed by atoms with Gasteiger partial charge in [0, 0.05) is 24.7 Å². The number of ether oxygens (including phenoxy) is 1. The van der Waals surface area contributed by atoms with Gasteiger partial charge in [0.05, 0.1) is 5.69 Å². The van der Waals surface area contributed by atoms with Crippen molar-refractivity contribution in [2.75, 3.05) is 20.2 Å². The van der Waals surface area contributed by atoms with Crippen molar-refractivity contribution in [3.05, 3.63) is 23.9 Å². The van der Waals surface area contributed by atoms with Crippen LogP contribution in [0.1, 0.15) is 38.8 Å². The van der Waals surface area contributed by atoms with Crippen LogP contribution in [0.3, 0.4) is 0 Å². The SMILES string of the molecule is CC(C)NCc1cccc(OCC2CCCCN2C)n1. The van der Waals surface area contributed by atoms with Crippen LogP contribution in [0.15, 0.2) is 18.2 Å². The normalized spacial score (nSPS) is 20.3. The monoisotopic (exact) mass is 277 g/mol. The van der Waals surface area contributed by atoms with E-state index in [1.165, 1.54) is 25.8 Å². The molecule has 1 N–H and O–H groups in total. The van der Waals surface area contributed by atoms with Crippen molar-refractivity contribution in [3.63, 3.8) is 0 Å². The number of rotatable bonds is 6. The number of likely N-dealkylation sites (N-methyl/N-ethyl adjacent to an activating group) is 1. The van der Waals surface area contributed by atoms with E-state index in [-0.39, 0.29) is 0 Å². The molecule has 0 aliphatic carbocycles. The number of nitrogens with one attached hydrogen (secondary N) is 1. The minimum Gasteiger partial charge on any atom is -0.476 e. The molecule has 1 saturated heterocycles. The van der Waals surface area contributed by atoms with E-state index in [4.69, 9.17) is 4.74 Å². The molecule has 2 heterocycles. The summed E-state index contributed by atoms with van der Waals surface area (Å²) in [6.45, 7) is 6.99. The highest BCUT2D eigenvalue weighted by Gasteiger charge is 2.19. The Balaban J connectivity index is 1.84. The number of nitrogens with zero attached hydrogens (tertiary/aromatic N) is 2. The van der Waals surface area contributed by atoms with Crippen LogP contribution in [0.4, 0.5) is 0 Å². The average molecular weight is 277 g/mol. The van der Waals surface area contributed by atoms with E-state index in [0.717, 1.165) is 24.7 Å². The quantitative estimate of drug-likeness (QED) is 0.866. The molecule has 1 unspecified atom stereocenters. The van der Waals surface area contributed by atoms with Gasteiger partial charge in [0.15, 0.2) is 0 Å². The second-order valence-corrected chi connectivity index (χ2v) is 5.94. The maximum Gasteiger partial charge on any atom is 0.213 e. The first-order valence-corrected chi connectivity index (χ1v) is 7.67. The van der Waals surface area contributed by atoms with Crippen molar-refractivity contribution in [1.82, 2.24) is 15.2 Å². The molecule has 0 aromatic carbocycles. The minimum atomic E-state index is 0.470. The van der Waals surface area contributed by atoms with Crippen molar-refractivity contribution in [1.29, 1.82) is 0 Å². The molecule has 1 aromatic rings. The van der Waals surface area contributed by atoms with Gasteiger partial charge in [0.1, 0.15) is 6.61 Å². The highest BCUT2D eigenvalue weighted by Crippen LogP contribution is 2.16. The summed E-state index contributed by atoms with van der Waals surface area (Å²) in [5.74, 6) is 0.743. The van der Waals surface area contributed by atoms with Gasteiger partial charge >= 0.3 is 0 Å². The molecule has 0 radical (unpaired) electrons. The highest BCUT2D eigenvalue weighted by molar-refractivity contribution is 5.15. The van der Waals surface area contributed by atoms with Gasteiger partial charge in [0.25, 0.3) is 0 Å². The highest BCUT2D eigenvalue weighted by atomic mass is 16.5. The first-order valence-electron chi connectivity index (χ1n) is 7.67. The average Bonchev–Trinajstić information content (AvgIpc) is 2.45. The molecule has 0 amide bonds. The zero-order chi connectivity index (χ0) is 14.4. The van der Waals surface area contributed by atoms with Gasteiger partial charge < -0.3 is 15.0 Å². The van der Waals surface area contributed by atoms with Gasteiger partial charge in [-0.2, -0.15) is 0 Å². The number of pyridine rings is 1. The fourth-order valence-corrected chi connectivity index (χ4v) is 2.48. The molecule has 4 heteroatoms. The van der Waals surface area contributed by atoms with E-state index in [2.05, 4.69) is 36.1 Å². The molecule has 1 aliphatic rings. The summed E-state index contributed by atoms with van der Waals surface area (Å²) in [6, 6.07) is 7.00. The Hall–Kier alpha value is -1.13. The van der Waals surface area contributed by atoms with Crippen LogP contribution < -0.4 is 10.1 Å². The number of piperidine rings is 1. The lowest BCUT2D eigenvalue weighted by molar-refractivity contribution is 0.122. The summed E-state index contributed by atoms with van der Waals surface area (Å²) in [4.78, 5) is 6.95. The second-order valence-electron chi connectivity index (χ2n) is 5.94. The molecule has 1 fully saturated rings. The maximum absolute atomic E-state index is 5.88. The first-order chi connectivity index (χ1) is 9.65. The predicted octanol–water partition coefficient (Wildman–Crippen LogP) is 2.44. The lowest BCUT2D eigenvalue weighted by Crippen LogP contribution is -2.40. The number of hydrogen-bond donors (Lipinski definition) is 1. The van der Waals surface area contributed by atoms with Gasteiger partial charge in [-0.3, -0.25) is 0 Å². The molecule has 1 atom stereocenters. The Morgan fingerprint density at radius 1 is 1.40 bits per heavy atom. The molecule has 1 aliphatic heterocycles. The molecule has 112 valence electrons. The lowest BCUT2D eigenvalue weighted by Gasteiger charge is -2.31. The third-order valence-electron chi connectivity index (χ3n) is 3.82. The number of hydrogen-bond acceptors (Lipinski definition) is 4. The Morgan fingerprint density at radius 2 is 2.25 bits per heavy atom. The van der Waals surface area contributed by atoms with E-state index in [0.29, 0.717) is 12.1 Å². The molecule has 0 saturated carbocycles. The number of likely N-dealkylation sites (tertiary alicyclic amines) is 1. The predicted molar refractivity (Wildman–Crippen MR) is 82.0 cm³/mol. The summed E-state index contributed by atoms with van der Waals surface area (Å²) < 4.78 is 5.88. The Morgan fingerprint density at radius 3 is 3.00 bits per heavy atom. The standard InChI is InChI=1S/C16H27N3O/c1-13(2)17-11-14-7-6-9-16(18-14)20-12-15-8-4-5-10-19(15)3/h6-7,9,13,15,17H,4-5,8,10-12H2,1-3H3. The topological polar surface area (TPSA) is 37.4 Å². The van der Waals surface area contributed by atoms with Gasteiger partial charge in [-0.15, -0.1) is 0 Å². The van der Waals surface area contributed by atoms with Crippen LogP contribution in [0.2, 0.25) is 0 Å². The van der Waals surface area contributed by atoms with Gasteiger partial charge in [0.2, 0.25) is 5.88 Å². The van der Waals surface area contributed by atoms with Gasteiger partial charge in [-0.25, -0.2) is 4.98 Å². The van der Waals surface area contributed by atoms with Gasteiger partial charge in [-0.05, 0) is 32.5 Å². The third-order valence-corrected chi connectivity index (χ3v) is 3.82. The molecule has 1 aromatic heterocycles. The van der Waals surface area contributed by atoms with Crippen LogP contribution in [0.25, 0.3) is 0 Å². The molecular weight excluding hydrogens is 250 g/mol. The van der Waals surface area contributed by atoms with Crippen LogP contribution in [-0.2, 0) is 6.54 Å². The molecule has 4 nitrogen and oxygen atoms in total. The molecule has 0 bridgehead atoms. The van der Waals surface area contributed by atoms with E-state index in [1.54, 1.807) is 0 Å². The van der Waals surface area contributed by atoms with E-state index < -0.39 is 0 Å². The fraction of sp³-hybridized carbons (Fsp3) is 0.688. The van der Waals surface area contributed by atoms with E-state index in [1.807, 2.05) is 18.2 Å². The molecule has 20 heavy (non-hydrogen) atoms. The summed E-state index contributed by atoms with van der Waals surface area (Å²) >= 11 is 0.